The molecule has 1 aliphatic rings. The van der Waals surface area contributed by atoms with Crippen LogP contribution in [0.2, 0.25) is 0 Å². The van der Waals surface area contributed by atoms with Crippen LogP contribution in [0.5, 0.6) is 11.5 Å². The fourth-order valence-corrected chi connectivity index (χ4v) is 5.04. The minimum atomic E-state index is -0.302. The minimum Gasteiger partial charge on any atom is -0.497 e. The summed E-state index contributed by atoms with van der Waals surface area (Å²) >= 11 is 0. The number of hydrogen-bond acceptors (Lipinski definition) is 5. The molecule has 4 rings (SSSR count). The number of rotatable bonds is 10. The second kappa shape index (κ2) is 12.4. The minimum absolute atomic E-state index is 0.102. The first-order valence-corrected chi connectivity index (χ1v) is 13.3. The Kier molecular flexibility index (Phi) is 9.05. The highest BCUT2D eigenvalue weighted by Gasteiger charge is 2.36. The van der Waals surface area contributed by atoms with E-state index in [-0.39, 0.29) is 23.3 Å². The summed E-state index contributed by atoms with van der Waals surface area (Å²) in [5, 5.41) is 0. The van der Waals surface area contributed by atoms with Crippen LogP contribution < -0.4 is 9.47 Å². The number of benzene rings is 3. The van der Waals surface area contributed by atoms with Gasteiger partial charge in [-0.15, -0.1) is 0 Å². The summed E-state index contributed by atoms with van der Waals surface area (Å²) in [7, 11) is 1.58. The molecule has 0 amide bonds. The monoisotopic (exact) mass is 520 g/mol. The fourth-order valence-electron chi connectivity index (χ4n) is 5.04. The summed E-state index contributed by atoms with van der Waals surface area (Å²) in [4.78, 5) is 11.7. The Labute approximate surface area is 224 Å². The summed E-state index contributed by atoms with van der Waals surface area (Å²) < 4.78 is 37.9. The molecule has 5 nitrogen and oxygen atoms in total. The summed E-state index contributed by atoms with van der Waals surface area (Å²) in [6, 6.07) is 18.6. The van der Waals surface area contributed by atoms with E-state index in [0.29, 0.717) is 44.0 Å². The van der Waals surface area contributed by atoms with E-state index in [1.807, 2.05) is 36.4 Å². The van der Waals surface area contributed by atoms with Crippen molar-refractivity contribution in [2.75, 3.05) is 20.3 Å². The lowest BCUT2D eigenvalue weighted by Crippen LogP contribution is -2.30. The Morgan fingerprint density at radius 2 is 1.87 bits per heavy atom. The Bertz CT molecular complexity index is 1250. The van der Waals surface area contributed by atoms with Crippen LogP contribution >= 0.6 is 0 Å². The molecule has 202 valence electrons. The van der Waals surface area contributed by atoms with Crippen LogP contribution in [0.3, 0.4) is 0 Å². The second-order valence-corrected chi connectivity index (χ2v) is 10.4. The zero-order valence-corrected chi connectivity index (χ0v) is 22.7. The molecule has 1 unspecified atom stereocenters. The lowest BCUT2D eigenvalue weighted by Gasteiger charge is -2.39. The van der Waals surface area contributed by atoms with E-state index in [2.05, 4.69) is 19.9 Å². The average Bonchev–Trinajstić information content (AvgIpc) is 2.91. The maximum absolute atomic E-state index is 15.0. The van der Waals surface area contributed by atoms with E-state index in [1.54, 1.807) is 26.2 Å². The van der Waals surface area contributed by atoms with Crippen LogP contribution in [0.4, 0.5) is 4.39 Å². The van der Waals surface area contributed by atoms with Crippen molar-refractivity contribution >= 4 is 5.97 Å². The Morgan fingerprint density at radius 1 is 1.03 bits per heavy atom. The van der Waals surface area contributed by atoms with E-state index in [9.17, 15) is 4.79 Å². The van der Waals surface area contributed by atoms with E-state index >= 15 is 4.39 Å². The standard InChI is InChI=1S/C32H37FO5/c1-5-36-30(34)15-11-22-8-6-9-25(18-22)38-21-23-10-13-26(27-20-24(35-4)12-14-29(27)33)28(19-23)31-32(2,3)16-7-17-37-31/h6,8-10,12-14,18-20,31H,5,7,11,15-17,21H2,1-4H3. The SMILES string of the molecule is CCOC(=O)CCc1cccc(OCc2ccc(-c3cc(OC)ccc3F)c(C3OCCCC3(C)C)c2)c1. The van der Waals surface area contributed by atoms with Crippen LogP contribution in [0.1, 0.15) is 62.8 Å². The number of halogens is 1. The zero-order valence-electron chi connectivity index (χ0n) is 22.7. The smallest absolute Gasteiger partial charge is 0.306 e. The number of methoxy groups -OCH3 is 1. The largest absolute Gasteiger partial charge is 0.497 e. The van der Waals surface area contributed by atoms with Crippen molar-refractivity contribution < 1.29 is 28.1 Å². The molecule has 1 fully saturated rings. The van der Waals surface area contributed by atoms with Gasteiger partial charge < -0.3 is 18.9 Å². The molecule has 1 saturated heterocycles. The Hall–Kier alpha value is -3.38. The van der Waals surface area contributed by atoms with Crippen molar-refractivity contribution in [1.82, 2.24) is 0 Å². The number of aryl methyl sites for hydroxylation is 1. The molecule has 1 aliphatic heterocycles. The highest BCUT2D eigenvalue weighted by atomic mass is 19.1. The average molecular weight is 521 g/mol. The van der Waals surface area contributed by atoms with Gasteiger partial charge >= 0.3 is 5.97 Å². The summed E-state index contributed by atoms with van der Waals surface area (Å²) in [6.45, 7) is 7.62. The van der Waals surface area contributed by atoms with Crippen molar-refractivity contribution in [3.8, 4) is 22.6 Å². The topological polar surface area (TPSA) is 54.0 Å². The first kappa shape index (κ1) is 27.6. The maximum Gasteiger partial charge on any atom is 0.306 e. The van der Waals surface area contributed by atoms with Crippen molar-refractivity contribution in [3.63, 3.8) is 0 Å². The quantitative estimate of drug-likeness (QED) is 0.260. The lowest BCUT2D eigenvalue weighted by molar-refractivity contribution is -0.143. The second-order valence-electron chi connectivity index (χ2n) is 10.4. The van der Waals surface area contributed by atoms with E-state index in [4.69, 9.17) is 18.9 Å². The van der Waals surface area contributed by atoms with Crippen LogP contribution in [-0.4, -0.2) is 26.3 Å². The number of carbonyl (C=O) groups is 1. The molecule has 0 aliphatic carbocycles. The van der Waals surface area contributed by atoms with Crippen LogP contribution in [0, 0.1) is 11.2 Å². The van der Waals surface area contributed by atoms with Gasteiger partial charge in [-0.25, -0.2) is 4.39 Å². The number of hydrogen-bond donors (Lipinski definition) is 0. The summed E-state index contributed by atoms with van der Waals surface area (Å²) in [5.74, 6) is 0.826. The third kappa shape index (κ3) is 6.73. The van der Waals surface area contributed by atoms with Gasteiger partial charge in [0.05, 0.1) is 19.8 Å². The normalized spacial score (nSPS) is 16.6. The molecule has 6 heteroatoms. The molecule has 3 aromatic rings. The van der Waals surface area contributed by atoms with Crippen molar-refractivity contribution in [1.29, 1.82) is 0 Å². The fraction of sp³-hybridized carbons (Fsp3) is 0.406. The Morgan fingerprint density at radius 3 is 2.63 bits per heavy atom. The number of ether oxygens (including phenoxy) is 4. The number of carbonyl (C=O) groups excluding carboxylic acids is 1. The first-order valence-electron chi connectivity index (χ1n) is 13.3. The van der Waals surface area contributed by atoms with Crippen LogP contribution in [-0.2, 0) is 27.3 Å². The molecule has 0 bridgehead atoms. The van der Waals surface area contributed by atoms with Gasteiger partial charge in [0.15, 0.2) is 0 Å². The van der Waals surface area contributed by atoms with Gasteiger partial charge in [0, 0.05) is 18.6 Å². The van der Waals surface area contributed by atoms with Gasteiger partial charge in [0.1, 0.15) is 23.9 Å². The maximum atomic E-state index is 15.0. The predicted octanol–water partition coefficient (Wildman–Crippen LogP) is 7.45. The number of esters is 1. The van der Waals surface area contributed by atoms with E-state index < -0.39 is 0 Å². The molecular weight excluding hydrogens is 483 g/mol. The lowest BCUT2D eigenvalue weighted by atomic mass is 9.75. The van der Waals surface area contributed by atoms with Crippen molar-refractivity contribution in [2.24, 2.45) is 5.41 Å². The van der Waals surface area contributed by atoms with E-state index in [1.165, 1.54) is 6.07 Å². The molecule has 38 heavy (non-hydrogen) atoms. The summed E-state index contributed by atoms with van der Waals surface area (Å²) in [5.41, 5.74) is 4.12. The molecule has 1 atom stereocenters. The summed E-state index contributed by atoms with van der Waals surface area (Å²) in [6.07, 6.45) is 2.77. The predicted molar refractivity (Wildman–Crippen MR) is 146 cm³/mol. The van der Waals surface area contributed by atoms with Gasteiger partial charge in [-0.1, -0.05) is 38.1 Å². The Balaban J connectivity index is 1.60. The highest BCUT2D eigenvalue weighted by Crippen LogP contribution is 2.47. The third-order valence-corrected chi connectivity index (χ3v) is 7.05. The van der Waals surface area contributed by atoms with Crippen LogP contribution in [0.25, 0.3) is 11.1 Å². The molecule has 0 N–H and O–H groups in total. The van der Waals surface area contributed by atoms with E-state index in [0.717, 1.165) is 40.8 Å². The van der Waals surface area contributed by atoms with Gasteiger partial charge in [0.2, 0.25) is 0 Å². The molecule has 0 saturated carbocycles. The van der Waals surface area contributed by atoms with Gasteiger partial charge in [-0.2, -0.15) is 0 Å². The molecule has 1 heterocycles. The molecule has 0 radical (unpaired) electrons. The third-order valence-electron chi connectivity index (χ3n) is 7.05. The highest BCUT2D eigenvalue weighted by molar-refractivity contribution is 5.71. The van der Waals surface area contributed by atoms with Crippen LogP contribution in [0.15, 0.2) is 60.7 Å². The zero-order chi connectivity index (χ0) is 27.1. The van der Waals surface area contributed by atoms with Gasteiger partial charge in [0.25, 0.3) is 0 Å². The van der Waals surface area contributed by atoms with Crippen molar-refractivity contribution in [2.45, 2.75) is 59.2 Å². The molecular formula is C32H37FO5. The molecule has 0 spiro atoms. The first-order chi connectivity index (χ1) is 18.3. The molecule has 0 aromatic heterocycles. The van der Waals surface area contributed by atoms with Crippen molar-refractivity contribution in [3.05, 3.63) is 83.2 Å². The van der Waals surface area contributed by atoms with Gasteiger partial charge in [-0.3, -0.25) is 4.79 Å². The van der Waals surface area contributed by atoms with Gasteiger partial charge in [-0.05, 0) is 90.3 Å². The molecule has 3 aromatic carbocycles.